The Labute approximate surface area is 142 Å². The molecule has 0 bridgehead atoms. The van der Waals surface area contributed by atoms with Crippen LogP contribution in [0.25, 0.3) is 0 Å². The first-order valence-corrected chi connectivity index (χ1v) is 9.87. The van der Waals surface area contributed by atoms with Gasteiger partial charge in [-0.25, -0.2) is 0 Å². The quantitative estimate of drug-likeness (QED) is 0.750. The average Bonchev–Trinajstić information content (AvgIpc) is 2.87. The van der Waals surface area contributed by atoms with E-state index < -0.39 is 0 Å². The van der Waals surface area contributed by atoms with E-state index in [1.54, 1.807) is 11.3 Å². The van der Waals surface area contributed by atoms with Gasteiger partial charge in [0.15, 0.2) is 0 Å². The molecule has 1 fully saturated rings. The molecule has 2 rings (SSSR count). The number of likely N-dealkylation sites (N-methyl/N-ethyl adjacent to an activating group) is 1. The number of nitrogens with zero attached hydrogens (tertiary/aromatic N) is 1. The number of hydrogen-bond donors (Lipinski definition) is 1. The predicted molar refractivity (Wildman–Crippen MR) is 97.1 cm³/mol. The Morgan fingerprint density at radius 3 is 2.52 bits per heavy atom. The summed E-state index contributed by atoms with van der Waals surface area (Å²) in [6.45, 7) is 5.73. The number of rotatable bonds is 6. The molecule has 1 aliphatic carbocycles. The summed E-state index contributed by atoms with van der Waals surface area (Å²) in [4.78, 5) is 2.48. The third-order valence-electron chi connectivity index (χ3n) is 5.12. The first-order chi connectivity index (χ1) is 10.0. The van der Waals surface area contributed by atoms with Gasteiger partial charge in [-0.05, 0) is 85.5 Å². The molecule has 0 spiro atoms. The van der Waals surface area contributed by atoms with Gasteiger partial charge >= 0.3 is 0 Å². The van der Waals surface area contributed by atoms with Crippen molar-refractivity contribution in [2.75, 3.05) is 20.6 Å². The van der Waals surface area contributed by atoms with Crippen LogP contribution in [-0.2, 0) is 0 Å². The molecule has 21 heavy (non-hydrogen) atoms. The molecule has 0 aromatic carbocycles. The Hall–Kier alpha value is 0.1000. The van der Waals surface area contributed by atoms with E-state index in [2.05, 4.69) is 64.8 Å². The minimum absolute atomic E-state index is 0.241. The van der Waals surface area contributed by atoms with E-state index in [1.165, 1.54) is 42.1 Å². The van der Waals surface area contributed by atoms with Gasteiger partial charge in [-0.2, -0.15) is 11.3 Å². The highest BCUT2D eigenvalue weighted by Gasteiger charge is 2.44. The van der Waals surface area contributed by atoms with Crippen molar-refractivity contribution in [2.45, 2.75) is 57.5 Å². The molecule has 0 aliphatic heterocycles. The van der Waals surface area contributed by atoms with Crippen LogP contribution in [-0.4, -0.2) is 31.1 Å². The third kappa shape index (κ3) is 3.72. The van der Waals surface area contributed by atoms with E-state index >= 15 is 0 Å². The first kappa shape index (κ1) is 17.5. The molecular weight excluding hydrogens is 344 g/mol. The zero-order valence-corrected chi connectivity index (χ0v) is 16.2. The van der Waals surface area contributed by atoms with E-state index in [1.807, 2.05) is 0 Å². The van der Waals surface area contributed by atoms with Gasteiger partial charge in [0.2, 0.25) is 0 Å². The fraction of sp³-hybridized carbons (Fsp3) is 0.765. The van der Waals surface area contributed by atoms with Gasteiger partial charge in [-0.1, -0.05) is 13.8 Å². The second-order valence-electron chi connectivity index (χ2n) is 6.74. The monoisotopic (exact) mass is 372 g/mol. The Kier molecular flexibility index (Phi) is 6.30. The molecule has 0 amide bonds. The molecule has 1 aromatic heterocycles. The maximum Gasteiger partial charge on any atom is 0.0526 e. The highest BCUT2D eigenvalue weighted by molar-refractivity contribution is 9.10. The zero-order valence-electron chi connectivity index (χ0n) is 13.8. The smallest absolute Gasteiger partial charge is 0.0526 e. The molecule has 120 valence electrons. The fourth-order valence-electron chi connectivity index (χ4n) is 3.63. The average molecular weight is 373 g/mol. The Morgan fingerprint density at radius 1 is 1.38 bits per heavy atom. The number of halogens is 1. The van der Waals surface area contributed by atoms with Crippen LogP contribution >= 0.6 is 27.3 Å². The summed E-state index contributed by atoms with van der Waals surface area (Å²) in [5.41, 5.74) is 1.68. The topological polar surface area (TPSA) is 15.3 Å². The van der Waals surface area contributed by atoms with E-state index in [4.69, 9.17) is 0 Å². The van der Waals surface area contributed by atoms with Crippen molar-refractivity contribution in [2.24, 2.45) is 5.92 Å². The number of hydrogen-bond acceptors (Lipinski definition) is 3. The lowest BCUT2D eigenvalue weighted by Crippen LogP contribution is -2.55. The SMILES string of the molecule is CCCNC(c1cscc1Br)C1(N(C)C)CCC(C)CC1. The molecule has 1 aliphatic rings. The van der Waals surface area contributed by atoms with Crippen LogP contribution in [0.3, 0.4) is 0 Å². The highest BCUT2D eigenvalue weighted by atomic mass is 79.9. The first-order valence-electron chi connectivity index (χ1n) is 8.13. The molecule has 1 atom stereocenters. The molecule has 4 heteroatoms. The number of thiophene rings is 1. The summed E-state index contributed by atoms with van der Waals surface area (Å²) in [6, 6.07) is 0.417. The molecule has 1 aromatic rings. The van der Waals surface area contributed by atoms with Gasteiger partial charge in [0.05, 0.1) is 6.04 Å². The van der Waals surface area contributed by atoms with Crippen LogP contribution in [0.5, 0.6) is 0 Å². The van der Waals surface area contributed by atoms with E-state index in [0.717, 1.165) is 12.5 Å². The summed E-state index contributed by atoms with van der Waals surface area (Å²) in [6.07, 6.45) is 6.42. The van der Waals surface area contributed by atoms with Gasteiger partial charge in [0.25, 0.3) is 0 Å². The van der Waals surface area contributed by atoms with Crippen molar-refractivity contribution in [3.05, 3.63) is 20.8 Å². The molecule has 1 saturated carbocycles. The van der Waals surface area contributed by atoms with Crippen molar-refractivity contribution in [1.82, 2.24) is 10.2 Å². The van der Waals surface area contributed by atoms with Crippen LogP contribution in [0.1, 0.15) is 57.6 Å². The van der Waals surface area contributed by atoms with Crippen LogP contribution in [0.2, 0.25) is 0 Å². The maximum absolute atomic E-state index is 3.85. The van der Waals surface area contributed by atoms with Crippen molar-refractivity contribution >= 4 is 27.3 Å². The summed E-state index contributed by atoms with van der Waals surface area (Å²) >= 11 is 5.56. The van der Waals surface area contributed by atoms with Crippen LogP contribution in [0, 0.1) is 5.92 Å². The van der Waals surface area contributed by atoms with Crippen molar-refractivity contribution in [3.63, 3.8) is 0 Å². The zero-order chi connectivity index (χ0) is 15.5. The van der Waals surface area contributed by atoms with Crippen LogP contribution in [0.4, 0.5) is 0 Å². The summed E-state index contributed by atoms with van der Waals surface area (Å²) in [5.74, 6) is 0.871. The Morgan fingerprint density at radius 2 is 2.05 bits per heavy atom. The molecule has 0 radical (unpaired) electrons. The summed E-state index contributed by atoms with van der Waals surface area (Å²) in [5, 5.41) is 8.39. The minimum atomic E-state index is 0.241. The van der Waals surface area contributed by atoms with Gasteiger partial charge in [0.1, 0.15) is 0 Å². The third-order valence-corrected chi connectivity index (χ3v) is 6.87. The van der Waals surface area contributed by atoms with Gasteiger partial charge < -0.3 is 10.2 Å². The summed E-state index contributed by atoms with van der Waals surface area (Å²) < 4.78 is 1.26. The van der Waals surface area contributed by atoms with Crippen LogP contribution < -0.4 is 5.32 Å². The lowest BCUT2D eigenvalue weighted by atomic mass is 9.70. The van der Waals surface area contributed by atoms with Crippen molar-refractivity contribution in [1.29, 1.82) is 0 Å². The molecule has 1 unspecified atom stereocenters. The number of nitrogens with one attached hydrogen (secondary N) is 1. The van der Waals surface area contributed by atoms with Crippen LogP contribution in [0.15, 0.2) is 15.2 Å². The minimum Gasteiger partial charge on any atom is -0.308 e. The maximum atomic E-state index is 3.85. The fourth-order valence-corrected chi connectivity index (χ4v) is 5.18. The van der Waals surface area contributed by atoms with Gasteiger partial charge in [-0.15, -0.1) is 0 Å². The molecule has 2 nitrogen and oxygen atoms in total. The largest absolute Gasteiger partial charge is 0.308 e. The molecule has 0 saturated heterocycles. The van der Waals surface area contributed by atoms with E-state index in [9.17, 15) is 0 Å². The standard InChI is InChI=1S/C17H29BrN2S/c1-5-10-19-16(14-11-21-12-15(14)18)17(20(3)4)8-6-13(2)7-9-17/h11-13,16,19H,5-10H2,1-4H3. The molecular formula is C17H29BrN2S. The van der Waals surface area contributed by atoms with E-state index in [-0.39, 0.29) is 5.54 Å². The predicted octanol–water partition coefficient (Wildman–Crippen LogP) is 5.06. The normalized spacial score (nSPS) is 28.0. The van der Waals surface area contributed by atoms with Crippen molar-refractivity contribution in [3.8, 4) is 0 Å². The second kappa shape index (κ2) is 7.58. The molecule has 1 N–H and O–H groups in total. The Balaban J connectivity index is 2.34. The van der Waals surface area contributed by atoms with E-state index in [0.29, 0.717) is 6.04 Å². The lowest BCUT2D eigenvalue weighted by Gasteiger charge is -2.50. The lowest BCUT2D eigenvalue weighted by molar-refractivity contribution is 0.0428. The highest BCUT2D eigenvalue weighted by Crippen LogP contribution is 2.45. The second-order valence-corrected chi connectivity index (χ2v) is 8.34. The van der Waals surface area contributed by atoms with Gasteiger partial charge in [0, 0.05) is 15.4 Å². The van der Waals surface area contributed by atoms with Gasteiger partial charge in [-0.3, -0.25) is 0 Å². The van der Waals surface area contributed by atoms with Crippen molar-refractivity contribution < 1.29 is 0 Å². The summed E-state index contributed by atoms with van der Waals surface area (Å²) in [7, 11) is 4.52. The Bertz CT molecular complexity index is 436. The molecule has 1 heterocycles.